The van der Waals surface area contributed by atoms with Crippen LogP contribution in [0.3, 0.4) is 0 Å². The van der Waals surface area contributed by atoms with Crippen molar-refractivity contribution in [2.45, 2.75) is 44.7 Å². The van der Waals surface area contributed by atoms with Crippen LogP contribution < -0.4 is 5.32 Å². The van der Waals surface area contributed by atoms with Crippen molar-refractivity contribution in [2.75, 3.05) is 31.6 Å². The maximum absolute atomic E-state index is 11.5. The van der Waals surface area contributed by atoms with Gasteiger partial charge in [-0.15, -0.1) is 0 Å². The number of nitrogens with zero attached hydrogens (tertiary/aromatic N) is 1. The molecule has 0 aromatic heterocycles. The Hall–Kier alpha value is -0.660. The number of unbranched alkanes of at least 4 members (excludes halogenated alkanes) is 1. The first kappa shape index (κ1) is 17.4. The lowest BCUT2D eigenvalue weighted by molar-refractivity contribution is -0.144. The summed E-state index contributed by atoms with van der Waals surface area (Å²) in [4.78, 5) is 13.3. The Labute approximate surface area is 121 Å². The highest BCUT2D eigenvalue weighted by molar-refractivity contribution is 7.91. The molecule has 2 unspecified atom stereocenters. The normalized spacial score (nSPS) is 26.1. The molecule has 0 saturated carbocycles. The second-order valence-corrected chi connectivity index (χ2v) is 8.07. The Morgan fingerprint density at radius 1 is 1.45 bits per heavy atom. The summed E-state index contributed by atoms with van der Waals surface area (Å²) >= 11 is 0. The third kappa shape index (κ3) is 4.71. The van der Waals surface area contributed by atoms with E-state index in [9.17, 15) is 13.2 Å². The molecule has 0 aromatic carbocycles. The average Bonchev–Trinajstić information content (AvgIpc) is 2.35. The van der Waals surface area contributed by atoms with Crippen LogP contribution in [0.15, 0.2) is 0 Å². The first-order chi connectivity index (χ1) is 9.20. The molecule has 1 fully saturated rings. The Kier molecular flexibility index (Phi) is 5.97. The van der Waals surface area contributed by atoms with Gasteiger partial charge in [0.25, 0.3) is 0 Å². The van der Waals surface area contributed by atoms with Crippen LogP contribution in [0.1, 0.15) is 33.1 Å². The molecule has 0 spiro atoms. The minimum atomic E-state index is -2.86. The Morgan fingerprint density at radius 3 is 2.60 bits per heavy atom. The molecule has 0 radical (unpaired) electrons. The minimum Gasteiger partial charge on any atom is -0.480 e. The fourth-order valence-corrected chi connectivity index (χ4v) is 4.12. The van der Waals surface area contributed by atoms with Crippen molar-refractivity contribution < 1.29 is 18.3 Å². The second kappa shape index (κ2) is 6.87. The van der Waals surface area contributed by atoms with Gasteiger partial charge >= 0.3 is 5.97 Å². The van der Waals surface area contributed by atoms with Crippen LogP contribution in [0, 0.1) is 0 Å². The molecule has 0 aromatic rings. The summed E-state index contributed by atoms with van der Waals surface area (Å²) in [5, 5.41) is 12.0. The van der Waals surface area contributed by atoms with E-state index in [0.717, 1.165) is 19.4 Å². The van der Waals surface area contributed by atoms with Crippen molar-refractivity contribution in [3.8, 4) is 0 Å². The zero-order valence-electron chi connectivity index (χ0n) is 12.6. The van der Waals surface area contributed by atoms with E-state index in [0.29, 0.717) is 13.0 Å². The van der Waals surface area contributed by atoms with Crippen LogP contribution in [0.5, 0.6) is 0 Å². The lowest BCUT2D eigenvalue weighted by Gasteiger charge is -2.33. The number of hydrogen-bond donors (Lipinski definition) is 2. The fraction of sp³-hybridized carbons (Fsp3) is 0.923. The summed E-state index contributed by atoms with van der Waals surface area (Å²) in [6, 6.07) is 0.0592. The molecule has 118 valence electrons. The Morgan fingerprint density at radius 2 is 2.10 bits per heavy atom. The number of hydrogen-bond acceptors (Lipinski definition) is 5. The molecule has 0 aliphatic carbocycles. The predicted molar refractivity (Wildman–Crippen MR) is 78.6 cm³/mol. The number of carboxylic acid groups (broad SMARTS) is 1. The summed E-state index contributed by atoms with van der Waals surface area (Å²) in [5.41, 5.74) is -0.878. The largest absolute Gasteiger partial charge is 0.480 e. The van der Waals surface area contributed by atoms with Gasteiger partial charge in [-0.2, -0.15) is 0 Å². The number of likely N-dealkylation sites (N-methyl/N-ethyl adjacent to an activating group) is 1. The zero-order chi connectivity index (χ0) is 15.4. The Balaban J connectivity index is 2.33. The van der Waals surface area contributed by atoms with Crippen molar-refractivity contribution in [3.05, 3.63) is 0 Å². The van der Waals surface area contributed by atoms with Crippen molar-refractivity contribution in [1.82, 2.24) is 10.2 Å². The SMILES string of the molecule is CNC(C)(CCCCN1CCS(=O)(=O)CC1C)C(=O)O. The van der Waals surface area contributed by atoms with Crippen LogP contribution in [0.4, 0.5) is 0 Å². The third-order valence-electron chi connectivity index (χ3n) is 4.20. The van der Waals surface area contributed by atoms with Gasteiger partial charge in [0.2, 0.25) is 0 Å². The van der Waals surface area contributed by atoms with Crippen molar-refractivity contribution in [3.63, 3.8) is 0 Å². The number of rotatable bonds is 7. The number of sulfone groups is 1. The monoisotopic (exact) mass is 306 g/mol. The van der Waals surface area contributed by atoms with E-state index in [4.69, 9.17) is 5.11 Å². The average molecular weight is 306 g/mol. The maximum Gasteiger partial charge on any atom is 0.323 e. The molecule has 7 heteroatoms. The van der Waals surface area contributed by atoms with Crippen LogP contribution in [-0.2, 0) is 14.6 Å². The van der Waals surface area contributed by atoms with E-state index in [1.165, 1.54) is 0 Å². The van der Waals surface area contributed by atoms with Crippen molar-refractivity contribution >= 4 is 15.8 Å². The lowest BCUT2D eigenvalue weighted by atomic mass is 9.95. The molecule has 20 heavy (non-hydrogen) atoms. The highest BCUT2D eigenvalue weighted by Gasteiger charge is 2.31. The molecule has 1 rings (SSSR count). The van der Waals surface area contributed by atoms with Gasteiger partial charge < -0.3 is 10.4 Å². The van der Waals surface area contributed by atoms with E-state index in [-0.39, 0.29) is 17.5 Å². The van der Waals surface area contributed by atoms with E-state index < -0.39 is 21.3 Å². The number of carboxylic acids is 1. The lowest BCUT2D eigenvalue weighted by Crippen LogP contribution is -2.48. The van der Waals surface area contributed by atoms with E-state index >= 15 is 0 Å². The van der Waals surface area contributed by atoms with Gasteiger partial charge in [0.1, 0.15) is 5.54 Å². The summed E-state index contributed by atoms with van der Waals surface area (Å²) in [7, 11) is -1.20. The van der Waals surface area contributed by atoms with Crippen LogP contribution in [0.25, 0.3) is 0 Å². The minimum absolute atomic E-state index is 0.0592. The smallest absolute Gasteiger partial charge is 0.323 e. The first-order valence-corrected chi connectivity index (χ1v) is 8.89. The van der Waals surface area contributed by atoms with Gasteiger partial charge in [-0.3, -0.25) is 9.69 Å². The van der Waals surface area contributed by atoms with Gasteiger partial charge in [-0.1, -0.05) is 0 Å². The molecular weight excluding hydrogens is 280 g/mol. The van der Waals surface area contributed by atoms with Crippen LogP contribution in [0.2, 0.25) is 0 Å². The maximum atomic E-state index is 11.5. The standard InChI is InChI=1S/C13H26N2O4S/c1-11-10-20(18,19)9-8-15(11)7-5-4-6-13(2,14-3)12(16)17/h11,14H,4-10H2,1-3H3,(H,16,17). The third-order valence-corrected chi connectivity index (χ3v) is 6.00. The fourth-order valence-electron chi connectivity index (χ4n) is 2.50. The van der Waals surface area contributed by atoms with Gasteiger partial charge in [-0.25, -0.2) is 8.42 Å². The van der Waals surface area contributed by atoms with Gasteiger partial charge in [0, 0.05) is 12.6 Å². The number of carbonyl (C=O) groups is 1. The number of nitrogens with one attached hydrogen (secondary N) is 1. The highest BCUT2D eigenvalue weighted by atomic mass is 32.2. The summed E-state index contributed by atoms with van der Waals surface area (Å²) in [6.45, 7) is 5.04. The molecule has 1 saturated heterocycles. The van der Waals surface area contributed by atoms with Crippen molar-refractivity contribution in [2.24, 2.45) is 0 Å². The molecule has 2 atom stereocenters. The van der Waals surface area contributed by atoms with E-state index in [1.807, 2.05) is 6.92 Å². The molecule has 6 nitrogen and oxygen atoms in total. The predicted octanol–water partition coefficient (Wildman–Crippen LogP) is 0.338. The Bertz CT molecular complexity index is 438. The molecule has 1 heterocycles. The number of aliphatic carboxylic acids is 1. The molecule has 0 amide bonds. The molecule has 1 aliphatic rings. The van der Waals surface area contributed by atoms with E-state index in [2.05, 4.69) is 10.2 Å². The summed E-state index contributed by atoms with van der Waals surface area (Å²) in [6.07, 6.45) is 2.26. The van der Waals surface area contributed by atoms with Crippen LogP contribution in [-0.4, -0.2) is 67.6 Å². The quantitative estimate of drug-likeness (QED) is 0.660. The van der Waals surface area contributed by atoms with Crippen molar-refractivity contribution in [1.29, 1.82) is 0 Å². The summed E-state index contributed by atoms with van der Waals surface area (Å²) < 4.78 is 23.0. The zero-order valence-corrected chi connectivity index (χ0v) is 13.4. The first-order valence-electron chi connectivity index (χ1n) is 7.07. The summed E-state index contributed by atoms with van der Waals surface area (Å²) in [5.74, 6) is -0.366. The molecule has 0 bridgehead atoms. The van der Waals surface area contributed by atoms with Crippen LogP contribution >= 0.6 is 0 Å². The van der Waals surface area contributed by atoms with Gasteiger partial charge in [-0.05, 0) is 46.7 Å². The van der Waals surface area contributed by atoms with Gasteiger partial charge in [0.15, 0.2) is 9.84 Å². The van der Waals surface area contributed by atoms with E-state index in [1.54, 1.807) is 14.0 Å². The second-order valence-electron chi connectivity index (χ2n) is 5.84. The molecule has 2 N–H and O–H groups in total. The van der Waals surface area contributed by atoms with Gasteiger partial charge in [0.05, 0.1) is 11.5 Å². The highest BCUT2D eigenvalue weighted by Crippen LogP contribution is 2.16. The molecule has 1 aliphatic heterocycles. The molecular formula is C13H26N2O4S. The topological polar surface area (TPSA) is 86.7 Å².